The third-order valence-electron chi connectivity index (χ3n) is 2.81. The Bertz CT molecular complexity index is 487. The normalized spacial score (nSPS) is 18.6. The Morgan fingerprint density at radius 3 is 3.05 bits per heavy atom. The molecule has 2 radical (unpaired) electrons. The van der Waals surface area contributed by atoms with Gasteiger partial charge in [-0.25, -0.2) is 9.18 Å². The lowest BCUT2D eigenvalue weighted by atomic mass is 9.89. The summed E-state index contributed by atoms with van der Waals surface area (Å²) in [5.74, 6) is -0.573. The monoisotopic (exact) mass is 262 g/mol. The molecule has 0 bridgehead atoms. The highest BCUT2D eigenvalue weighted by Gasteiger charge is 2.32. The number of amides is 1. The Labute approximate surface area is 112 Å². The number of rotatable bonds is 4. The Hall–Kier alpha value is -1.53. The van der Waals surface area contributed by atoms with Crippen molar-refractivity contribution in [2.24, 2.45) is 0 Å². The van der Waals surface area contributed by atoms with E-state index in [1.54, 1.807) is 12.9 Å². The first-order valence-corrected chi connectivity index (χ1v) is 5.92. The van der Waals surface area contributed by atoms with Crippen molar-refractivity contribution in [3.8, 4) is 0 Å². The SMILES string of the molecule is [B]c1ccc(N2C[C@H](CNB(C)O)OC2=O)cc1F. The summed E-state index contributed by atoms with van der Waals surface area (Å²) in [5, 5.41) is 11.9. The van der Waals surface area contributed by atoms with Crippen LogP contribution in [0.15, 0.2) is 18.2 Å². The Morgan fingerprint density at radius 1 is 1.68 bits per heavy atom. The van der Waals surface area contributed by atoms with E-state index in [-0.39, 0.29) is 11.6 Å². The number of benzene rings is 1. The highest BCUT2D eigenvalue weighted by molar-refractivity contribution is 6.45. The first-order valence-electron chi connectivity index (χ1n) is 5.92. The maximum absolute atomic E-state index is 13.4. The van der Waals surface area contributed by atoms with Crippen LogP contribution in [-0.4, -0.2) is 45.2 Å². The molecule has 0 spiro atoms. The lowest BCUT2D eigenvalue weighted by Crippen LogP contribution is -2.38. The van der Waals surface area contributed by atoms with Gasteiger partial charge in [0.1, 0.15) is 19.8 Å². The van der Waals surface area contributed by atoms with Crippen molar-refractivity contribution in [1.29, 1.82) is 0 Å². The van der Waals surface area contributed by atoms with E-state index in [9.17, 15) is 9.18 Å². The molecule has 98 valence electrons. The molecule has 0 saturated carbocycles. The molecule has 0 unspecified atom stereocenters. The van der Waals surface area contributed by atoms with Crippen LogP contribution in [0.25, 0.3) is 0 Å². The van der Waals surface area contributed by atoms with Gasteiger partial charge < -0.3 is 15.0 Å². The third-order valence-corrected chi connectivity index (χ3v) is 2.81. The first kappa shape index (κ1) is 13.9. The number of carbonyl (C=O) groups excluding carboxylic acids is 1. The standard InChI is InChI=1S/C11H13B2FN2O3/c1-13(18)15-5-8-6-16(11(17)19-8)7-2-3-9(12)10(14)4-7/h2-4,8,15,18H,5-6H2,1H3/t8-/m0/s1. The summed E-state index contributed by atoms with van der Waals surface area (Å²) >= 11 is 0. The van der Waals surface area contributed by atoms with E-state index in [4.69, 9.17) is 17.6 Å². The number of ether oxygens (including phenoxy) is 1. The van der Waals surface area contributed by atoms with E-state index >= 15 is 0 Å². The summed E-state index contributed by atoms with van der Waals surface area (Å²) in [6, 6.07) is 4.16. The molecule has 0 aliphatic carbocycles. The van der Waals surface area contributed by atoms with Gasteiger partial charge in [-0.2, -0.15) is 0 Å². The third kappa shape index (κ3) is 3.27. The van der Waals surface area contributed by atoms with Gasteiger partial charge in [0.15, 0.2) is 0 Å². The molecule has 1 aromatic rings. The second kappa shape index (κ2) is 5.63. The van der Waals surface area contributed by atoms with Crippen molar-refractivity contribution < 1.29 is 18.9 Å². The van der Waals surface area contributed by atoms with E-state index in [0.29, 0.717) is 18.8 Å². The topological polar surface area (TPSA) is 61.8 Å². The van der Waals surface area contributed by atoms with E-state index in [1.807, 2.05) is 0 Å². The summed E-state index contributed by atoms with van der Waals surface area (Å²) < 4.78 is 18.5. The van der Waals surface area contributed by atoms with Crippen LogP contribution in [0.4, 0.5) is 14.9 Å². The average Bonchev–Trinajstić information content (AvgIpc) is 2.72. The zero-order chi connectivity index (χ0) is 14.0. The molecule has 1 aromatic carbocycles. The van der Waals surface area contributed by atoms with Crippen LogP contribution in [0, 0.1) is 5.82 Å². The van der Waals surface area contributed by atoms with Crippen LogP contribution in [-0.2, 0) is 4.74 Å². The number of carbonyl (C=O) groups is 1. The maximum atomic E-state index is 13.4. The summed E-state index contributed by atoms with van der Waals surface area (Å²) in [7, 11) is 4.70. The molecule has 1 saturated heterocycles. The minimum Gasteiger partial charge on any atom is -0.443 e. The predicted molar refractivity (Wildman–Crippen MR) is 71.2 cm³/mol. The van der Waals surface area contributed by atoms with Crippen LogP contribution >= 0.6 is 0 Å². The van der Waals surface area contributed by atoms with Gasteiger partial charge in [-0.15, -0.1) is 0 Å². The molecule has 19 heavy (non-hydrogen) atoms. The molecule has 1 aliphatic heterocycles. The summed E-state index contributed by atoms with van der Waals surface area (Å²) in [6.07, 6.45) is -0.927. The minimum absolute atomic E-state index is 0.0311. The van der Waals surface area contributed by atoms with Crippen LogP contribution in [0.1, 0.15) is 0 Å². The molecule has 1 fully saturated rings. The average molecular weight is 262 g/mol. The van der Waals surface area contributed by atoms with Gasteiger partial charge in [-0.1, -0.05) is 11.5 Å². The zero-order valence-electron chi connectivity index (χ0n) is 10.5. The molecule has 8 heteroatoms. The highest BCUT2D eigenvalue weighted by atomic mass is 19.1. The van der Waals surface area contributed by atoms with Gasteiger partial charge in [0, 0.05) is 6.54 Å². The predicted octanol–water partition coefficient (Wildman–Crippen LogP) is -0.355. The fourth-order valence-corrected chi connectivity index (χ4v) is 1.82. The molecule has 5 nitrogen and oxygen atoms in total. The van der Waals surface area contributed by atoms with Gasteiger partial charge >= 0.3 is 13.1 Å². The molecule has 2 N–H and O–H groups in total. The number of hydrogen-bond donors (Lipinski definition) is 2. The van der Waals surface area contributed by atoms with E-state index in [2.05, 4.69) is 5.23 Å². The second-order valence-corrected chi connectivity index (χ2v) is 4.41. The molecule has 1 amide bonds. The van der Waals surface area contributed by atoms with Crippen molar-refractivity contribution in [2.75, 3.05) is 18.0 Å². The highest BCUT2D eigenvalue weighted by Crippen LogP contribution is 2.21. The number of nitrogens with one attached hydrogen (secondary N) is 1. The van der Waals surface area contributed by atoms with E-state index in [0.717, 1.165) is 0 Å². The van der Waals surface area contributed by atoms with Crippen molar-refractivity contribution in [2.45, 2.75) is 12.9 Å². The van der Waals surface area contributed by atoms with Gasteiger partial charge in [0.2, 0.25) is 0 Å². The zero-order valence-corrected chi connectivity index (χ0v) is 10.5. The largest absolute Gasteiger partial charge is 0.443 e. The van der Waals surface area contributed by atoms with Gasteiger partial charge in [0.25, 0.3) is 0 Å². The summed E-state index contributed by atoms with van der Waals surface area (Å²) in [4.78, 5) is 13.0. The van der Waals surface area contributed by atoms with Gasteiger partial charge in [-0.05, 0) is 19.0 Å². The van der Waals surface area contributed by atoms with Gasteiger partial charge in [0.05, 0.1) is 12.2 Å². The second-order valence-electron chi connectivity index (χ2n) is 4.41. The molecule has 1 heterocycles. The van der Waals surface area contributed by atoms with Crippen LogP contribution in [0.2, 0.25) is 6.82 Å². The van der Waals surface area contributed by atoms with Crippen molar-refractivity contribution in [1.82, 2.24) is 5.23 Å². The molecule has 1 atom stereocenters. The minimum atomic E-state index is -0.679. The lowest BCUT2D eigenvalue weighted by molar-refractivity contribution is 0.142. The van der Waals surface area contributed by atoms with Crippen LogP contribution in [0.3, 0.4) is 0 Å². The van der Waals surface area contributed by atoms with Crippen LogP contribution < -0.4 is 15.6 Å². The number of hydrogen-bond acceptors (Lipinski definition) is 4. The molecule has 2 rings (SSSR count). The van der Waals surface area contributed by atoms with Gasteiger partial charge in [-0.3, -0.25) is 4.90 Å². The first-order chi connectivity index (χ1) is 8.97. The molecule has 1 aliphatic rings. The Morgan fingerprint density at radius 2 is 2.42 bits per heavy atom. The number of cyclic esters (lactones) is 1. The number of halogens is 1. The summed E-state index contributed by atoms with van der Waals surface area (Å²) in [5.41, 5.74) is 0.430. The number of nitrogens with zero attached hydrogens (tertiary/aromatic N) is 1. The number of anilines is 1. The van der Waals surface area contributed by atoms with E-state index in [1.165, 1.54) is 17.0 Å². The molecular formula is C11H13B2FN2O3. The fraction of sp³-hybridized carbons (Fsp3) is 0.364. The van der Waals surface area contributed by atoms with Crippen molar-refractivity contribution >= 4 is 32.1 Å². The Balaban J connectivity index is 2.05. The molecular weight excluding hydrogens is 249 g/mol. The summed E-state index contributed by atoms with van der Waals surface area (Å²) in [6.45, 7) is 2.20. The Kier molecular flexibility index (Phi) is 4.11. The van der Waals surface area contributed by atoms with Crippen molar-refractivity contribution in [3.63, 3.8) is 0 Å². The van der Waals surface area contributed by atoms with Crippen molar-refractivity contribution in [3.05, 3.63) is 24.0 Å². The van der Waals surface area contributed by atoms with Crippen LogP contribution in [0.5, 0.6) is 0 Å². The van der Waals surface area contributed by atoms with E-state index < -0.39 is 19.0 Å². The maximum Gasteiger partial charge on any atom is 0.414 e. The lowest BCUT2D eigenvalue weighted by Gasteiger charge is -2.14. The fourth-order valence-electron chi connectivity index (χ4n) is 1.82. The smallest absolute Gasteiger partial charge is 0.414 e. The molecule has 0 aromatic heterocycles. The quantitative estimate of drug-likeness (QED) is 0.727.